The van der Waals surface area contributed by atoms with Crippen molar-refractivity contribution in [3.8, 4) is 0 Å². The number of nitrogens with zero attached hydrogens (tertiary/aromatic N) is 4. The van der Waals surface area contributed by atoms with Crippen LogP contribution in [0.3, 0.4) is 0 Å². The Morgan fingerprint density at radius 2 is 1.96 bits per heavy atom. The summed E-state index contributed by atoms with van der Waals surface area (Å²) in [5.74, 6) is 0.291. The number of aryl methyl sites for hydroxylation is 1. The first-order chi connectivity index (χ1) is 11.7. The molecule has 2 heterocycles. The first-order valence-corrected chi connectivity index (χ1v) is 7.73. The van der Waals surface area contributed by atoms with E-state index >= 15 is 0 Å². The Morgan fingerprint density at radius 1 is 1.12 bits per heavy atom. The molecule has 4 rings (SSSR count). The van der Waals surface area contributed by atoms with Crippen molar-refractivity contribution in [2.45, 2.75) is 19.4 Å². The quantitative estimate of drug-likeness (QED) is 0.843. The fraction of sp³-hybridized carbons (Fsp3) is 0.167. The molecule has 2 aliphatic heterocycles. The van der Waals surface area contributed by atoms with Gasteiger partial charge in [-0.2, -0.15) is 5.11 Å². The van der Waals surface area contributed by atoms with Crippen LogP contribution in [-0.4, -0.2) is 17.5 Å². The van der Waals surface area contributed by atoms with Gasteiger partial charge in [0, 0.05) is 12.0 Å². The van der Waals surface area contributed by atoms with Crippen LogP contribution in [0.2, 0.25) is 0 Å². The molecule has 1 atom stereocenters. The number of amides is 1. The lowest BCUT2D eigenvalue weighted by Gasteiger charge is -2.03. The number of carbonyl (C=O) groups excluding carboxylic acids is 1. The minimum atomic E-state index is -0.241. The molecule has 24 heavy (non-hydrogen) atoms. The fourth-order valence-corrected chi connectivity index (χ4v) is 2.79. The molecule has 0 spiro atoms. The molecule has 2 aromatic rings. The Balaban J connectivity index is 1.58. The average Bonchev–Trinajstić information content (AvgIpc) is 3.18. The van der Waals surface area contributed by atoms with E-state index in [4.69, 9.17) is 0 Å². The first-order valence-electron chi connectivity index (χ1n) is 7.73. The molecule has 1 N–H and O–H groups in total. The van der Waals surface area contributed by atoms with Gasteiger partial charge in [0.2, 0.25) is 0 Å². The largest absolute Gasteiger partial charge is 0.320 e. The van der Waals surface area contributed by atoms with E-state index in [-0.39, 0.29) is 11.9 Å². The van der Waals surface area contributed by atoms with Crippen LogP contribution in [0.15, 0.2) is 69.0 Å². The van der Waals surface area contributed by atoms with Crippen molar-refractivity contribution in [2.75, 3.05) is 5.32 Å². The lowest BCUT2D eigenvalue weighted by molar-refractivity contribution is -0.110. The maximum Gasteiger partial charge on any atom is 0.276 e. The summed E-state index contributed by atoms with van der Waals surface area (Å²) in [5, 5.41) is 19.4. The number of fused-ring (bicyclic) bond motifs is 1. The van der Waals surface area contributed by atoms with Crippen molar-refractivity contribution in [1.82, 2.24) is 0 Å². The highest BCUT2D eigenvalue weighted by molar-refractivity contribution is 6.53. The molecule has 6 heteroatoms. The molecule has 2 aromatic carbocycles. The zero-order chi connectivity index (χ0) is 16.5. The number of rotatable bonds is 2. The van der Waals surface area contributed by atoms with Crippen molar-refractivity contribution in [3.05, 3.63) is 65.2 Å². The minimum Gasteiger partial charge on any atom is -0.320 e. The topological polar surface area (TPSA) is 78.5 Å². The highest BCUT2D eigenvalue weighted by atomic mass is 16.2. The molecular formula is C18H15N5O. The second-order valence-corrected chi connectivity index (χ2v) is 5.81. The van der Waals surface area contributed by atoms with Gasteiger partial charge in [-0.25, -0.2) is 0 Å². The summed E-state index contributed by atoms with van der Waals surface area (Å²) in [7, 11) is 0. The summed E-state index contributed by atoms with van der Waals surface area (Å²) >= 11 is 0. The van der Waals surface area contributed by atoms with Gasteiger partial charge in [-0.3, -0.25) is 4.79 Å². The number of nitrogens with one attached hydrogen (secondary N) is 1. The van der Waals surface area contributed by atoms with Crippen molar-refractivity contribution in [2.24, 2.45) is 20.4 Å². The zero-order valence-corrected chi connectivity index (χ0v) is 13.1. The standard InChI is InChI=1S/C18H15N5O/c1-11-7-8-14-13(9-11)17(18(24)19-14)23-22-16-10-15(20-21-16)12-5-3-2-4-6-12/h2-9,15H,10H2,1H3,(H,19,23,24). The summed E-state index contributed by atoms with van der Waals surface area (Å²) in [6, 6.07) is 15.7. The molecule has 0 saturated carbocycles. The number of hydrogen-bond donors (Lipinski definition) is 1. The summed E-state index contributed by atoms with van der Waals surface area (Å²) in [6.07, 6.45) is 0.586. The Labute approximate surface area is 139 Å². The zero-order valence-electron chi connectivity index (χ0n) is 13.1. The summed E-state index contributed by atoms with van der Waals surface area (Å²) < 4.78 is 0. The second kappa shape index (κ2) is 5.81. The molecule has 0 radical (unpaired) electrons. The van der Waals surface area contributed by atoms with Crippen LogP contribution < -0.4 is 5.32 Å². The van der Waals surface area contributed by atoms with Gasteiger partial charge < -0.3 is 5.32 Å². The van der Waals surface area contributed by atoms with Crippen LogP contribution >= 0.6 is 0 Å². The normalized spacial score (nSPS) is 22.2. The van der Waals surface area contributed by atoms with E-state index < -0.39 is 0 Å². The van der Waals surface area contributed by atoms with E-state index in [1.54, 1.807) is 0 Å². The van der Waals surface area contributed by atoms with Gasteiger partial charge >= 0.3 is 0 Å². The Bertz CT molecular complexity index is 899. The predicted molar refractivity (Wildman–Crippen MR) is 92.4 cm³/mol. The van der Waals surface area contributed by atoms with E-state index in [1.807, 2.05) is 55.5 Å². The van der Waals surface area contributed by atoms with Gasteiger partial charge in [0.1, 0.15) is 6.04 Å². The summed E-state index contributed by atoms with van der Waals surface area (Å²) in [5.41, 5.74) is 4.02. The Morgan fingerprint density at radius 3 is 2.79 bits per heavy atom. The number of anilines is 1. The number of hydrogen-bond acceptors (Lipinski definition) is 4. The SMILES string of the molecule is Cc1ccc2c(c1)/C(=N/N=C1CC(c3ccccc3)N=N1)C(=O)N2. The van der Waals surface area contributed by atoms with Crippen LogP contribution in [0.1, 0.15) is 29.2 Å². The summed E-state index contributed by atoms with van der Waals surface area (Å²) in [6.45, 7) is 1.97. The third-order valence-electron chi connectivity index (χ3n) is 4.03. The molecule has 2 aliphatic rings. The maximum atomic E-state index is 12.1. The monoisotopic (exact) mass is 317 g/mol. The van der Waals surface area contributed by atoms with Gasteiger partial charge in [0.15, 0.2) is 11.5 Å². The molecule has 6 nitrogen and oxygen atoms in total. The van der Waals surface area contributed by atoms with Crippen molar-refractivity contribution >= 4 is 23.1 Å². The third-order valence-corrected chi connectivity index (χ3v) is 4.03. The lowest BCUT2D eigenvalue weighted by Crippen LogP contribution is -2.14. The Kier molecular flexibility index (Phi) is 3.49. The van der Waals surface area contributed by atoms with Crippen molar-refractivity contribution < 1.29 is 4.79 Å². The van der Waals surface area contributed by atoms with Gasteiger partial charge in [-0.1, -0.05) is 42.0 Å². The van der Waals surface area contributed by atoms with Crippen molar-refractivity contribution in [3.63, 3.8) is 0 Å². The number of azo groups is 1. The molecule has 0 aliphatic carbocycles. The minimum absolute atomic E-state index is 0.0305. The van der Waals surface area contributed by atoms with Gasteiger partial charge in [0.25, 0.3) is 5.91 Å². The number of amidine groups is 1. The van der Waals surface area contributed by atoms with E-state index in [0.717, 1.165) is 22.4 Å². The second-order valence-electron chi connectivity index (χ2n) is 5.81. The predicted octanol–water partition coefficient (Wildman–Crippen LogP) is 3.65. The smallest absolute Gasteiger partial charge is 0.276 e. The molecule has 1 unspecified atom stereocenters. The molecule has 0 fully saturated rings. The average molecular weight is 317 g/mol. The highest BCUT2D eigenvalue weighted by Crippen LogP contribution is 2.28. The van der Waals surface area contributed by atoms with Crippen LogP contribution in [-0.2, 0) is 4.79 Å². The maximum absolute atomic E-state index is 12.1. The molecule has 0 aromatic heterocycles. The number of carbonyl (C=O) groups is 1. The molecule has 118 valence electrons. The van der Waals surface area contributed by atoms with Gasteiger partial charge in [-0.15, -0.1) is 15.3 Å². The Hall–Kier alpha value is -3.15. The van der Waals surface area contributed by atoms with Crippen LogP contribution in [0.25, 0.3) is 0 Å². The lowest BCUT2D eigenvalue weighted by atomic mass is 10.1. The third kappa shape index (κ3) is 2.62. The highest BCUT2D eigenvalue weighted by Gasteiger charge is 2.26. The van der Waals surface area contributed by atoms with Crippen LogP contribution in [0, 0.1) is 6.92 Å². The van der Waals surface area contributed by atoms with E-state index in [2.05, 4.69) is 25.7 Å². The molecular weight excluding hydrogens is 302 g/mol. The molecule has 1 amide bonds. The fourth-order valence-electron chi connectivity index (χ4n) is 2.79. The van der Waals surface area contributed by atoms with Gasteiger partial charge in [0.05, 0.1) is 5.69 Å². The van der Waals surface area contributed by atoms with E-state index in [9.17, 15) is 4.79 Å². The van der Waals surface area contributed by atoms with E-state index in [0.29, 0.717) is 18.0 Å². The summed E-state index contributed by atoms with van der Waals surface area (Å²) in [4.78, 5) is 12.1. The van der Waals surface area contributed by atoms with Crippen LogP contribution in [0.5, 0.6) is 0 Å². The van der Waals surface area contributed by atoms with Gasteiger partial charge in [-0.05, 0) is 24.6 Å². The van der Waals surface area contributed by atoms with Crippen molar-refractivity contribution in [1.29, 1.82) is 0 Å². The molecule has 0 bridgehead atoms. The number of benzene rings is 2. The van der Waals surface area contributed by atoms with E-state index in [1.165, 1.54) is 0 Å². The first kappa shape index (κ1) is 14.4. The van der Waals surface area contributed by atoms with Crippen LogP contribution in [0.4, 0.5) is 5.69 Å². The molecule has 0 saturated heterocycles.